The first kappa shape index (κ1) is 12.4. The minimum absolute atomic E-state index is 0.257. The van der Waals surface area contributed by atoms with Crippen LogP contribution >= 0.6 is 0 Å². The molecule has 0 aromatic heterocycles. The van der Waals surface area contributed by atoms with Crippen molar-refractivity contribution in [1.82, 2.24) is 0 Å². The van der Waals surface area contributed by atoms with Gasteiger partial charge < -0.3 is 0 Å². The Morgan fingerprint density at radius 2 is 1.75 bits per heavy atom. The van der Waals surface area contributed by atoms with Crippen LogP contribution in [0.15, 0.2) is 35.4 Å². The van der Waals surface area contributed by atoms with Crippen molar-refractivity contribution >= 4 is 11.7 Å². The molecule has 0 amide bonds. The molecule has 2 nitrogen and oxygen atoms in total. The Morgan fingerprint density at radius 1 is 1.19 bits per heavy atom. The van der Waals surface area contributed by atoms with Gasteiger partial charge in [-0.3, -0.25) is 5.43 Å². The Labute approximate surface area is 87.8 Å². The fourth-order valence-electron chi connectivity index (χ4n) is 0.822. The Morgan fingerprint density at radius 3 is 2.25 bits per heavy atom. The van der Waals surface area contributed by atoms with E-state index in [9.17, 15) is 22.0 Å². The highest BCUT2D eigenvalue weighted by atomic mass is 19.4. The second-order valence-electron chi connectivity index (χ2n) is 2.82. The SMILES string of the molecule is F/C(=N\Nc1ccccc1)C(F)C(F)(F)F. The quantitative estimate of drug-likeness (QED) is 0.487. The number of para-hydroxylation sites is 1. The van der Waals surface area contributed by atoms with Crippen LogP contribution in [0.4, 0.5) is 27.6 Å². The summed E-state index contributed by atoms with van der Waals surface area (Å²) in [5.74, 6) is -2.16. The molecule has 1 aromatic carbocycles. The molecular weight excluding hydrogens is 231 g/mol. The first-order valence-electron chi connectivity index (χ1n) is 4.16. The standard InChI is InChI=1S/C9H7F5N2/c10-7(9(12,13)14)8(11)16-15-6-4-2-1-3-5-6/h1-5,7,15H/b16-8-. The number of alkyl halides is 4. The van der Waals surface area contributed by atoms with E-state index in [0.29, 0.717) is 0 Å². The summed E-state index contributed by atoms with van der Waals surface area (Å²) in [6.45, 7) is 0. The van der Waals surface area contributed by atoms with Crippen LogP contribution in [0.2, 0.25) is 0 Å². The molecular formula is C9H7F5N2. The minimum atomic E-state index is -5.29. The maximum atomic E-state index is 12.6. The van der Waals surface area contributed by atoms with Gasteiger partial charge in [0.05, 0.1) is 5.69 Å². The monoisotopic (exact) mass is 238 g/mol. The number of nitrogens with one attached hydrogen (secondary N) is 1. The van der Waals surface area contributed by atoms with E-state index in [1.165, 1.54) is 12.1 Å². The van der Waals surface area contributed by atoms with Crippen LogP contribution in [0.25, 0.3) is 0 Å². The van der Waals surface area contributed by atoms with E-state index < -0.39 is 18.3 Å². The van der Waals surface area contributed by atoms with E-state index in [4.69, 9.17) is 0 Å². The van der Waals surface area contributed by atoms with Gasteiger partial charge >= 0.3 is 6.18 Å². The van der Waals surface area contributed by atoms with E-state index in [2.05, 4.69) is 5.10 Å². The van der Waals surface area contributed by atoms with Gasteiger partial charge in [0.25, 0.3) is 12.1 Å². The molecule has 1 aromatic rings. The lowest BCUT2D eigenvalue weighted by molar-refractivity contribution is -0.162. The fraction of sp³-hybridized carbons (Fsp3) is 0.222. The summed E-state index contributed by atoms with van der Waals surface area (Å²) in [6, 6.07) is 7.66. The molecule has 1 unspecified atom stereocenters. The van der Waals surface area contributed by atoms with Crippen LogP contribution in [0.3, 0.4) is 0 Å². The Bertz CT molecular complexity index is 360. The van der Waals surface area contributed by atoms with E-state index in [1.54, 1.807) is 18.2 Å². The zero-order valence-corrected chi connectivity index (χ0v) is 7.80. The second kappa shape index (κ2) is 4.91. The van der Waals surface area contributed by atoms with E-state index in [1.807, 2.05) is 5.43 Å². The molecule has 1 rings (SSSR count). The molecule has 88 valence electrons. The van der Waals surface area contributed by atoms with Gasteiger partial charge in [0.1, 0.15) is 0 Å². The van der Waals surface area contributed by atoms with Crippen LogP contribution in [0, 0.1) is 0 Å². The molecule has 1 atom stereocenters. The van der Waals surface area contributed by atoms with Gasteiger partial charge in [-0.25, -0.2) is 4.39 Å². The Kier molecular flexibility index (Phi) is 3.81. The van der Waals surface area contributed by atoms with Crippen molar-refractivity contribution in [1.29, 1.82) is 0 Å². The molecule has 16 heavy (non-hydrogen) atoms. The van der Waals surface area contributed by atoms with Gasteiger partial charge in [-0.1, -0.05) is 18.2 Å². The topological polar surface area (TPSA) is 24.4 Å². The summed E-state index contributed by atoms with van der Waals surface area (Å²) in [5.41, 5.74) is 2.23. The van der Waals surface area contributed by atoms with E-state index >= 15 is 0 Å². The summed E-state index contributed by atoms with van der Waals surface area (Å²) in [7, 11) is 0. The number of hydrogen-bond acceptors (Lipinski definition) is 2. The largest absolute Gasteiger partial charge is 0.427 e. The summed E-state index contributed by atoms with van der Waals surface area (Å²) < 4.78 is 60.0. The van der Waals surface area contributed by atoms with Gasteiger partial charge in [-0.15, -0.1) is 5.10 Å². The predicted molar refractivity (Wildman–Crippen MR) is 49.6 cm³/mol. The number of hydrogen-bond donors (Lipinski definition) is 1. The summed E-state index contributed by atoms with van der Waals surface area (Å²) in [4.78, 5) is 0. The van der Waals surface area contributed by atoms with Crippen molar-refractivity contribution in [3.05, 3.63) is 30.3 Å². The lowest BCUT2D eigenvalue weighted by atomic mass is 10.3. The molecule has 0 saturated carbocycles. The summed E-state index contributed by atoms with van der Waals surface area (Å²) in [6.07, 6.45) is -8.99. The van der Waals surface area contributed by atoms with Gasteiger partial charge in [-0.2, -0.15) is 17.6 Å². The van der Waals surface area contributed by atoms with E-state index in [0.717, 1.165) is 0 Å². The molecule has 0 spiro atoms. The fourth-order valence-corrected chi connectivity index (χ4v) is 0.822. The zero-order chi connectivity index (χ0) is 12.2. The highest BCUT2D eigenvalue weighted by Crippen LogP contribution is 2.24. The van der Waals surface area contributed by atoms with Gasteiger partial charge in [0.2, 0.25) is 0 Å². The minimum Gasteiger partial charge on any atom is -0.276 e. The highest BCUT2D eigenvalue weighted by Gasteiger charge is 2.44. The summed E-state index contributed by atoms with van der Waals surface area (Å²) in [5, 5.41) is 2.67. The maximum absolute atomic E-state index is 12.6. The van der Waals surface area contributed by atoms with Gasteiger partial charge in [0.15, 0.2) is 0 Å². The molecule has 0 heterocycles. The zero-order valence-electron chi connectivity index (χ0n) is 7.80. The number of halogens is 5. The van der Waals surface area contributed by atoms with Crippen LogP contribution < -0.4 is 5.43 Å². The molecule has 0 aliphatic heterocycles. The molecule has 1 N–H and O–H groups in total. The second-order valence-corrected chi connectivity index (χ2v) is 2.82. The first-order valence-corrected chi connectivity index (χ1v) is 4.16. The molecule has 0 saturated heterocycles. The number of anilines is 1. The number of nitrogens with zero attached hydrogens (tertiary/aromatic N) is 1. The highest BCUT2D eigenvalue weighted by molar-refractivity contribution is 5.81. The lowest BCUT2D eigenvalue weighted by Crippen LogP contribution is -2.30. The van der Waals surface area contributed by atoms with Crippen molar-refractivity contribution in [3.63, 3.8) is 0 Å². The maximum Gasteiger partial charge on any atom is 0.427 e. The summed E-state index contributed by atoms with van der Waals surface area (Å²) >= 11 is 0. The third-order valence-corrected chi connectivity index (χ3v) is 1.56. The van der Waals surface area contributed by atoms with Gasteiger partial charge in [-0.05, 0) is 12.1 Å². The lowest BCUT2D eigenvalue weighted by Gasteiger charge is -2.09. The van der Waals surface area contributed by atoms with Crippen LogP contribution in [0.5, 0.6) is 0 Å². The van der Waals surface area contributed by atoms with Crippen molar-refractivity contribution in [2.45, 2.75) is 12.3 Å². The molecule has 0 fully saturated rings. The predicted octanol–water partition coefficient (Wildman–Crippen LogP) is 3.28. The van der Waals surface area contributed by atoms with Crippen LogP contribution in [0.1, 0.15) is 0 Å². The molecule has 7 heteroatoms. The third kappa shape index (κ3) is 3.48. The molecule has 0 aliphatic carbocycles. The van der Waals surface area contributed by atoms with Crippen LogP contribution in [-0.4, -0.2) is 18.3 Å². The third-order valence-electron chi connectivity index (χ3n) is 1.56. The smallest absolute Gasteiger partial charge is 0.276 e. The van der Waals surface area contributed by atoms with Gasteiger partial charge in [0, 0.05) is 0 Å². The van der Waals surface area contributed by atoms with Crippen molar-refractivity contribution in [2.75, 3.05) is 5.43 Å². The normalized spacial score (nSPS) is 14.7. The first-order chi connectivity index (χ1) is 7.41. The molecule has 0 aliphatic rings. The average Bonchev–Trinajstić information content (AvgIpc) is 2.25. The average molecular weight is 238 g/mol. The number of hydrazone groups is 1. The van der Waals surface area contributed by atoms with E-state index in [-0.39, 0.29) is 5.69 Å². The Hall–Kier alpha value is -1.66. The van der Waals surface area contributed by atoms with Crippen molar-refractivity contribution < 1.29 is 22.0 Å². The number of rotatable bonds is 3. The number of benzene rings is 1. The van der Waals surface area contributed by atoms with Crippen molar-refractivity contribution in [3.8, 4) is 0 Å². The van der Waals surface area contributed by atoms with Crippen LogP contribution in [-0.2, 0) is 0 Å². The molecule has 0 bridgehead atoms. The molecule has 0 radical (unpaired) electrons. The Balaban J connectivity index is 2.65. The van der Waals surface area contributed by atoms with Crippen molar-refractivity contribution in [2.24, 2.45) is 5.10 Å².